The van der Waals surface area contributed by atoms with Gasteiger partial charge in [-0.25, -0.2) is 4.79 Å². The summed E-state index contributed by atoms with van der Waals surface area (Å²) in [5.74, 6) is 0.0311. The lowest BCUT2D eigenvalue weighted by Crippen LogP contribution is -2.15. The molecule has 1 atom stereocenters. The molecule has 0 amide bonds. The number of nitrogens with zero attached hydrogens (tertiary/aromatic N) is 2. The molecule has 0 fully saturated rings. The molecule has 1 N–H and O–H groups in total. The number of rotatable bonds is 12. The molecule has 1 unspecified atom stereocenters. The number of oxime groups is 1. The van der Waals surface area contributed by atoms with Gasteiger partial charge in [0.2, 0.25) is 0 Å². The number of para-hydroxylation sites is 1. The van der Waals surface area contributed by atoms with Crippen LogP contribution in [0.1, 0.15) is 46.5 Å². The normalized spacial score (nSPS) is 12.0. The molecule has 0 radical (unpaired) electrons. The van der Waals surface area contributed by atoms with Gasteiger partial charge >= 0.3 is 5.97 Å². The fraction of sp³-hybridized carbons (Fsp3) is 0.132. The Bertz CT molecular complexity index is 1810. The minimum atomic E-state index is -1.07. The Labute approximate surface area is 278 Å². The lowest BCUT2D eigenvalue weighted by atomic mass is 9.99. The van der Waals surface area contributed by atoms with Gasteiger partial charge in [0.25, 0.3) is 0 Å². The maximum Gasteiger partial charge on any atom is 0.331 e. The number of aliphatic hydroxyl groups excluding tert-OH is 1. The van der Waals surface area contributed by atoms with Crippen LogP contribution in [0.5, 0.6) is 0 Å². The number of hydrogen-bond donors (Lipinski definition) is 1. The lowest BCUT2D eigenvalue weighted by molar-refractivity contribution is -0.141. The van der Waals surface area contributed by atoms with Gasteiger partial charge in [-0.3, -0.25) is 4.79 Å². The van der Waals surface area contributed by atoms with Gasteiger partial charge in [-0.1, -0.05) is 71.4 Å². The fourth-order valence-corrected chi connectivity index (χ4v) is 5.93. The second-order valence-electron chi connectivity index (χ2n) is 10.6. The quantitative estimate of drug-likeness (QED) is 0.0477. The van der Waals surface area contributed by atoms with Crippen LogP contribution in [-0.2, 0) is 9.63 Å². The van der Waals surface area contributed by atoms with Crippen molar-refractivity contribution >= 4 is 57.9 Å². The van der Waals surface area contributed by atoms with E-state index in [1.807, 2.05) is 134 Å². The van der Waals surface area contributed by atoms with Crippen molar-refractivity contribution in [1.29, 1.82) is 0 Å². The molecule has 5 aromatic rings. The van der Waals surface area contributed by atoms with E-state index in [2.05, 4.69) is 10.1 Å². The van der Waals surface area contributed by atoms with Crippen molar-refractivity contribution in [2.75, 3.05) is 10.7 Å². The van der Waals surface area contributed by atoms with Crippen LogP contribution in [-0.4, -0.2) is 28.3 Å². The summed E-state index contributed by atoms with van der Waals surface area (Å²) in [5.41, 5.74) is 5.85. The standard InChI is InChI=1S/C38H33ClN2O4S/c1-26-8-6-7-11-35(26)37(43)28-12-18-32(19-13-28)41(31-9-4-3-5-10-31)33-20-14-29(15-21-33)38(44)36(40-45-27(2)42)24-25-46-34-22-16-30(39)17-23-34/h3-23,38,44H,24-25H2,1-2H3/b40-36+. The van der Waals surface area contributed by atoms with Crippen molar-refractivity contribution in [3.63, 3.8) is 0 Å². The third-order valence-electron chi connectivity index (χ3n) is 7.31. The monoisotopic (exact) mass is 648 g/mol. The van der Waals surface area contributed by atoms with E-state index in [9.17, 15) is 14.7 Å². The molecule has 0 spiro atoms. The van der Waals surface area contributed by atoms with E-state index < -0.39 is 12.1 Å². The van der Waals surface area contributed by atoms with Crippen molar-refractivity contribution in [3.05, 3.63) is 155 Å². The van der Waals surface area contributed by atoms with E-state index >= 15 is 0 Å². The first kappa shape index (κ1) is 32.7. The average Bonchev–Trinajstić information content (AvgIpc) is 3.08. The number of carbonyl (C=O) groups excluding carboxylic acids is 2. The summed E-state index contributed by atoms with van der Waals surface area (Å²) in [6.45, 7) is 3.21. The van der Waals surface area contributed by atoms with Gasteiger partial charge in [0, 0.05) is 57.2 Å². The van der Waals surface area contributed by atoms with Crippen LogP contribution in [0.25, 0.3) is 0 Å². The van der Waals surface area contributed by atoms with E-state index in [-0.39, 0.29) is 5.78 Å². The van der Waals surface area contributed by atoms with Crippen LogP contribution >= 0.6 is 23.4 Å². The van der Waals surface area contributed by atoms with E-state index in [0.29, 0.717) is 39.6 Å². The van der Waals surface area contributed by atoms with Gasteiger partial charge in [0.05, 0.1) is 5.71 Å². The third kappa shape index (κ3) is 8.31. The van der Waals surface area contributed by atoms with E-state index in [1.165, 1.54) is 6.92 Å². The first-order valence-electron chi connectivity index (χ1n) is 14.8. The Hall–Kier alpha value is -4.69. The Morgan fingerprint density at radius 3 is 2.02 bits per heavy atom. The van der Waals surface area contributed by atoms with Gasteiger partial charge in [-0.2, -0.15) is 0 Å². The molecular weight excluding hydrogens is 616 g/mol. The van der Waals surface area contributed by atoms with Crippen LogP contribution in [0.2, 0.25) is 5.02 Å². The van der Waals surface area contributed by atoms with Crippen LogP contribution in [0, 0.1) is 6.92 Å². The molecule has 5 aromatic carbocycles. The second kappa shape index (κ2) is 15.5. The number of benzene rings is 5. The molecule has 0 heterocycles. The summed E-state index contributed by atoms with van der Waals surface area (Å²) in [7, 11) is 0. The molecule has 8 heteroatoms. The van der Waals surface area contributed by atoms with Gasteiger partial charge < -0.3 is 14.8 Å². The number of anilines is 3. The maximum absolute atomic E-state index is 13.2. The molecule has 5 rings (SSSR count). The third-order valence-corrected chi connectivity index (χ3v) is 8.57. The van der Waals surface area contributed by atoms with Crippen molar-refractivity contribution in [1.82, 2.24) is 0 Å². The van der Waals surface area contributed by atoms with Crippen molar-refractivity contribution in [3.8, 4) is 0 Å². The Kier molecular flexibility index (Phi) is 11.0. The predicted octanol–water partition coefficient (Wildman–Crippen LogP) is 9.48. The number of halogens is 1. The van der Waals surface area contributed by atoms with Crippen LogP contribution in [0.15, 0.2) is 137 Å². The summed E-state index contributed by atoms with van der Waals surface area (Å²) in [6.07, 6.45) is -0.677. The molecule has 0 saturated carbocycles. The highest BCUT2D eigenvalue weighted by Crippen LogP contribution is 2.35. The zero-order chi connectivity index (χ0) is 32.5. The van der Waals surface area contributed by atoms with Gasteiger partial charge in [0.1, 0.15) is 6.10 Å². The fourth-order valence-electron chi connectivity index (χ4n) is 4.93. The van der Waals surface area contributed by atoms with Gasteiger partial charge in [0.15, 0.2) is 5.78 Å². The van der Waals surface area contributed by atoms with Crippen molar-refractivity contribution in [2.45, 2.75) is 31.3 Å². The first-order chi connectivity index (χ1) is 22.3. The smallest absolute Gasteiger partial charge is 0.331 e. The number of aliphatic hydroxyl groups is 1. The largest absolute Gasteiger partial charge is 0.382 e. The van der Waals surface area contributed by atoms with Gasteiger partial charge in [-0.05, 0) is 90.8 Å². The topological polar surface area (TPSA) is 79.2 Å². The number of aryl methyl sites for hydroxylation is 1. The molecule has 0 aliphatic rings. The van der Waals surface area contributed by atoms with E-state index in [1.54, 1.807) is 11.8 Å². The molecule has 6 nitrogen and oxygen atoms in total. The molecule has 0 bridgehead atoms. The predicted molar refractivity (Wildman–Crippen MR) is 187 cm³/mol. The summed E-state index contributed by atoms with van der Waals surface area (Å²) in [4.78, 5) is 32.8. The first-order valence-corrected chi connectivity index (χ1v) is 16.1. The average molecular weight is 649 g/mol. The van der Waals surface area contributed by atoms with Crippen LogP contribution in [0.4, 0.5) is 17.1 Å². The highest BCUT2D eigenvalue weighted by molar-refractivity contribution is 7.99. The van der Waals surface area contributed by atoms with Gasteiger partial charge in [-0.15, -0.1) is 11.8 Å². The van der Waals surface area contributed by atoms with Crippen molar-refractivity contribution < 1.29 is 19.5 Å². The minimum absolute atomic E-state index is 0.0213. The second-order valence-corrected chi connectivity index (χ2v) is 12.2. The van der Waals surface area contributed by atoms with E-state index in [0.717, 1.165) is 27.5 Å². The lowest BCUT2D eigenvalue weighted by Gasteiger charge is -2.26. The molecular formula is C38H33ClN2O4S. The maximum atomic E-state index is 13.2. The Morgan fingerprint density at radius 2 is 1.39 bits per heavy atom. The summed E-state index contributed by atoms with van der Waals surface area (Å²) in [6, 6.07) is 40.1. The van der Waals surface area contributed by atoms with Crippen LogP contribution in [0.3, 0.4) is 0 Å². The van der Waals surface area contributed by atoms with E-state index in [4.69, 9.17) is 16.4 Å². The zero-order valence-electron chi connectivity index (χ0n) is 25.5. The van der Waals surface area contributed by atoms with Crippen molar-refractivity contribution in [2.24, 2.45) is 5.16 Å². The molecule has 0 aliphatic carbocycles. The SMILES string of the molecule is CC(=O)O/N=C(\CCSc1ccc(Cl)cc1)C(O)c1ccc(N(c2ccccc2)c2ccc(C(=O)c3ccccc3C)cc2)cc1. The summed E-state index contributed by atoms with van der Waals surface area (Å²) >= 11 is 7.58. The number of carbonyl (C=O) groups is 2. The molecule has 232 valence electrons. The number of thioether (sulfide) groups is 1. The molecule has 0 saturated heterocycles. The number of ketones is 1. The molecule has 0 aliphatic heterocycles. The highest BCUT2D eigenvalue weighted by atomic mass is 35.5. The molecule has 0 aromatic heterocycles. The Balaban J connectivity index is 1.37. The molecule has 46 heavy (non-hydrogen) atoms. The summed E-state index contributed by atoms with van der Waals surface area (Å²) in [5, 5.41) is 15.9. The van der Waals surface area contributed by atoms with Crippen LogP contribution < -0.4 is 4.90 Å². The number of hydrogen-bond acceptors (Lipinski definition) is 7. The zero-order valence-corrected chi connectivity index (χ0v) is 27.0. The Morgan fingerprint density at radius 1 is 0.804 bits per heavy atom. The summed E-state index contributed by atoms with van der Waals surface area (Å²) < 4.78 is 0. The highest BCUT2D eigenvalue weighted by Gasteiger charge is 2.19. The minimum Gasteiger partial charge on any atom is -0.382 e.